The molecule has 6 rings (SSSR count). The molecule has 7 nitrogen and oxygen atoms in total. The Balaban J connectivity index is 1.36. The van der Waals surface area contributed by atoms with Crippen molar-refractivity contribution in [2.75, 3.05) is 0 Å². The normalized spacial score (nSPS) is 23.6. The summed E-state index contributed by atoms with van der Waals surface area (Å²) in [5, 5.41) is 6.28. The molecule has 230 valence electrons. The third kappa shape index (κ3) is 5.26. The van der Waals surface area contributed by atoms with E-state index in [4.69, 9.17) is 5.73 Å². The quantitative estimate of drug-likeness (QED) is 0.322. The van der Waals surface area contributed by atoms with Crippen molar-refractivity contribution in [1.82, 2.24) is 20.1 Å². The highest BCUT2D eigenvalue weighted by Crippen LogP contribution is 2.68. The van der Waals surface area contributed by atoms with Gasteiger partial charge in [0, 0.05) is 29.3 Å². The molecule has 0 spiro atoms. The van der Waals surface area contributed by atoms with Gasteiger partial charge < -0.3 is 11.1 Å². The van der Waals surface area contributed by atoms with Gasteiger partial charge in [0.05, 0.1) is 17.7 Å². The minimum Gasteiger partial charge on any atom is -0.369 e. The van der Waals surface area contributed by atoms with Gasteiger partial charge in [0.2, 0.25) is 11.8 Å². The molecular weight excluding hydrogens is 595 g/mol. The summed E-state index contributed by atoms with van der Waals surface area (Å²) in [6, 6.07) is 4.65. The molecule has 2 amide bonds. The molecule has 3 aromatic rings. The third-order valence-electron chi connectivity index (χ3n) is 8.13. The molecule has 3 N–H and O–H groups in total. The van der Waals surface area contributed by atoms with Gasteiger partial charge >= 0.3 is 0 Å². The van der Waals surface area contributed by atoms with Gasteiger partial charge in [-0.25, -0.2) is 22.0 Å². The number of rotatable bonds is 9. The van der Waals surface area contributed by atoms with Gasteiger partial charge in [-0.1, -0.05) is 18.2 Å². The maximum absolute atomic E-state index is 15.0. The second-order valence-electron chi connectivity index (χ2n) is 11.1. The minimum absolute atomic E-state index is 0.0520. The molecule has 1 fully saturated rings. The fourth-order valence-corrected chi connectivity index (χ4v) is 6.15. The van der Waals surface area contributed by atoms with Crippen molar-refractivity contribution >= 4 is 17.4 Å². The highest BCUT2D eigenvalue weighted by Gasteiger charge is 2.67. The number of aromatic nitrogens is 3. The largest absolute Gasteiger partial charge is 0.369 e. The number of halogens is 7. The number of nitrogens with one attached hydrogen (secondary N) is 1. The van der Waals surface area contributed by atoms with Crippen molar-refractivity contribution in [3.63, 3.8) is 0 Å². The van der Waals surface area contributed by atoms with E-state index in [1.807, 2.05) is 0 Å². The van der Waals surface area contributed by atoms with Crippen LogP contribution in [0.2, 0.25) is 0 Å². The Morgan fingerprint density at radius 3 is 2.55 bits per heavy atom. The number of alkyl halides is 5. The molecule has 2 aromatic heterocycles. The van der Waals surface area contributed by atoms with Crippen LogP contribution in [0.25, 0.3) is 5.57 Å². The lowest BCUT2D eigenvalue weighted by atomic mass is 9.88. The molecule has 0 saturated heterocycles. The van der Waals surface area contributed by atoms with Crippen molar-refractivity contribution in [3.8, 4) is 0 Å². The standard InChI is InChI=1S/C30H24F7N5O2/c31-15-6-13(7-16(32)10-15)8-22(25-17(2-1-5-39-25)14-3-4-21(33)19(9-14)29(38)44)40-23(43)12-42-27-24(26(41-42)28(34)35)18-11-20(18)30(27,36)37/h1-7,9-10,18-22,28H,8,11-12H2,(H2,38,44)(H,40,43). The number of benzene rings is 1. The number of nitrogens with zero attached hydrogens (tertiary/aromatic N) is 3. The molecule has 2 heterocycles. The molecule has 1 saturated carbocycles. The lowest BCUT2D eigenvalue weighted by Gasteiger charge is -2.24. The summed E-state index contributed by atoms with van der Waals surface area (Å²) in [6.07, 6.45) is 0.171. The Kier molecular flexibility index (Phi) is 7.33. The van der Waals surface area contributed by atoms with Crippen LogP contribution in [0.4, 0.5) is 30.7 Å². The number of hydrogen-bond donors (Lipinski definition) is 2. The van der Waals surface area contributed by atoms with Crippen LogP contribution in [0.3, 0.4) is 0 Å². The Morgan fingerprint density at radius 2 is 1.86 bits per heavy atom. The molecule has 3 aliphatic carbocycles. The van der Waals surface area contributed by atoms with Gasteiger partial charge in [-0.3, -0.25) is 19.3 Å². The average molecular weight is 620 g/mol. The SMILES string of the molecule is NC(=O)C1C=C(c2cccnc2C(Cc2cc(F)cc(F)c2)NC(=O)Cn2nc(C(F)F)c3c2C(F)(F)C2CC32)C=CC1F. The van der Waals surface area contributed by atoms with Gasteiger partial charge in [-0.2, -0.15) is 13.9 Å². The topological polar surface area (TPSA) is 103 Å². The van der Waals surface area contributed by atoms with E-state index in [1.54, 1.807) is 6.07 Å². The molecule has 0 bridgehead atoms. The smallest absolute Gasteiger partial charge is 0.293 e. The van der Waals surface area contributed by atoms with Crippen molar-refractivity contribution in [2.45, 2.75) is 49.9 Å². The Hall–Kier alpha value is -4.49. The summed E-state index contributed by atoms with van der Waals surface area (Å²) >= 11 is 0. The van der Waals surface area contributed by atoms with Crippen LogP contribution in [0.1, 0.15) is 58.6 Å². The average Bonchev–Trinajstić information content (AvgIpc) is 3.61. The van der Waals surface area contributed by atoms with Crippen molar-refractivity contribution in [3.05, 3.63) is 100 Å². The van der Waals surface area contributed by atoms with Crippen LogP contribution in [0.5, 0.6) is 0 Å². The van der Waals surface area contributed by atoms with Crippen LogP contribution in [0, 0.1) is 23.5 Å². The molecule has 1 aromatic carbocycles. The monoisotopic (exact) mass is 619 g/mol. The molecule has 5 atom stereocenters. The molecule has 0 aliphatic heterocycles. The van der Waals surface area contributed by atoms with E-state index in [-0.39, 0.29) is 29.7 Å². The first-order valence-corrected chi connectivity index (χ1v) is 13.6. The number of amides is 2. The molecule has 0 radical (unpaired) electrons. The minimum atomic E-state index is -3.45. The lowest BCUT2D eigenvalue weighted by Crippen LogP contribution is -2.35. The van der Waals surface area contributed by atoms with E-state index in [2.05, 4.69) is 15.4 Å². The Labute approximate surface area is 245 Å². The summed E-state index contributed by atoms with van der Waals surface area (Å²) < 4.78 is 101. The first-order chi connectivity index (χ1) is 20.8. The maximum atomic E-state index is 15.0. The number of primary amides is 1. The zero-order valence-electron chi connectivity index (χ0n) is 22.7. The third-order valence-corrected chi connectivity index (χ3v) is 8.13. The first-order valence-electron chi connectivity index (χ1n) is 13.6. The summed E-state index contributed by atoms with van der Waals surface area (Å²) in [4.78, 5) is 29.5. The summed E-state index contributed by atoms with van der Waals surface area (Å²) in [5.41, 5.74) is 4.47. The van der Waals surface area contributed by atoms with Crippen LogP contribution in [-0.4, -0.2) is 32.8 Å². The fourth-order valence-electron chi connectivity index (χ4n) is 6.15. The van der Waals surface area contributed by atoms with E-state index in [1.165, 1.54) is 24.4 Å². The van der Waals surface area contributed by atoms with Gasteiger partial charge in [-0.05, 0) is 54.2 Å². The molecular formula is C30H24F7N5O2. The number of carbonyl (C=O) groups is 2. The predicted molar refractivity (Wildman–Crippen MR) is 142 cm³/mol. The van der Waals surface area contributed by atoms with Crippen LogP contribution < -0.4 is 11.1 Å². The summed E-state index contributed by atoms with van der Waals surface area (Å²) in [6.45, 7) is -0.851. The number of nitrogens with two attached hydrogens (primary N) is 1. The van der Waals surface area contributed by atoms with Gasteiger partial charge in [0.25, 0.3) is 12.3 Å². The highest BCUT2D eigenvalue weighted by atomic mass is 19.3. The first kappa shape index (κ1) is 29.6. The van der Waals surface area contributed by atoms with E-state index in [9.17, 15) is 31.5 Å². The number of hydrogen-bond acceptors (Lipinski definition) is 4. The van der Waals surface area contributed by atoms with Crippen molar-refractivity contribution in [2.24, 2.45) is 17.6 Å². The van der Waals surface area contributed by atoms with Crippen LogP contribution >= 0.6 is 0 Å². The Bertz CT molecular complexity index is 1700. The van der Waals surface area contributed by atoms with E-state index < -0.39 is 83.7 Å². The summed E-state index contributed by atoms with van der Waals surface area (Å²) in [7, 11) is 0. The van der Waals surface area contributed by atoms with E-state index >= 15 is 8.78 Å². The molecule has 5 unspecified atom stereocenters. The Morgan fingerprint density at radius 1 is 1.14 bits per heavy atom. The van der Waals surface area contributed by atoms with Crippen LogP contribution in [0.15, 0.2) is 54.8 Å². The summed E-state index contributed by atoms with van der Waals surface area (Å²) in [5.74, 6) is -10.3. The fraction of sp³-hybridized carbons (Fsp3) is 0.333. The molecule has 3 aliphatic rings. The molecule has 14 heteroatoms. The lowest BCUT2D eigenvalue weighted by molar-refractivity contribution is -0.123. The van der Waals surface area contributed by atoms with Crippen molar-refractivity contribution < 1.29 is 40.3 Å². The van der Waals surface area contributed by atoms with Crippen molar-refractivity contribution in [1.29, 1.82) is 0 Å². The zero-order valence-corrected chi connectivity index (χ0v) is 22.7. The zero-order chi connectivity index (χ0) is 31.5. The van der Waals surface area contributed by atoms with Gasteiger partial charge in [0.1, 0.15) is 35.7 Å². The second-order valence-corrected chi connectivity index (χ2v) is 11.1. The number of pyridine rings is 1. The van der Waals surface area contributed by atoms with E-state index in [0.717, 1.165) is 18.2 Å². The van der Waals surface area contributed by atoms with Gasteiger partial charge in [0.15, 0.2) is 0 Å². The van der Waals surface area contributed by atoms with Crippen LogP contribution in [-0.2, 0) is 28.5 Å². The van der Waals surface area contributed by atoms with Gasteiger partial charge in [-0.15, -0.1) is 0 Å². The number of allylic oxidation sites excluding steroid dienone is 3. The molecule has 44 heavy (non-hydrogen) atoms. The maximum Gasteiger partial charge on any atom is 0.293 e. The predicted octanol–water partition coefficient (Wildman–Crippen LogP) is 5.20. The number of carbonyl (C=O) groups excluding carboxylic acids is 2. The van der Waals surface area contributed by atoms with E-state index in [0.29, 0.717) is 21.9 Å². The second kappa shape index (κ2) is 10.9. The highest BCUT2D eigenvalue weighted by molar-refractivity contribution is 5.86. The number of fused-ring (bicyclic) bond motifs is 3.